The first-order valence-electron chi connectivity index (χ1n) is 8.87. The summed E-state index contributed by atoms with van der Waals surface area (Å²) in [5.74, 6) is -0.333. The Morgan fingerprint density at radius 1 is 0.963 bits per heavy atom. The van der Waals surface area contributed by atoms with E-state index in [1.54, 1.807) is 38.4 Å². The minimum atomic E-state index is -0.484. The number of para-hydroxylation sites is 1. The topological polar surface area (TPSA) is 55.8 Å². The SMILES string of the molecule is CN(C)C(=O)COc1ccccc1C(=O)OCc1ccc(C(C)(C)C)cc1. The number of carbonyl (C=O) groups excluding carboxylic acids is 2. The van der Waals surface area contributed by atoms with E-state index in [0.717, 1.165) is 5.56 Å². The number of esters is 1. The number of benzene rings is 2. The van der Waals surface area contributed by atoms with Crippen molar-refractivity contribution in [1.82, 2.24) is 4.90 Å². The van der Waals surface area contributed by atoms with Crippen LogP contribution in [0.25, 0.3) is 0 Å². The van der Waals surface area contributed by atoms with Gasteiger partial charge in [0.25, 0.3) is 5.91 Å². The highest BCUT2D eigenvalue weighted by Crippen LogP contribution is 2.23. The average molecular weight is 369 g/mol. The van der Waals surface area contributed by atoms with Crippen LogP contribution in [0.4, 0.5) is 0 Å². The molecule has 0 radical (unpaired) electrons. The van der Waals surface area contributed by atoms with Gasteiger partial charge >= 0.3 is 5.97 Å². The molecule has 0 saturated heterocycles. The van der Waals surface area contributed by atoms with Gasteiger partial charge in [0.1, 0.15) is 17.9 Å². The molecule has 0 aromatic heterocycles. The Kier molecular flexibility index (Phi) is 6.61. The lowest BCUT2D eigenvalue weighted by molar-refractivity contribution is -0.130. The maximum absolute atomic E-state index is 12.4. The van der Waals surface area contributed by atoms with Gasteiger partial charge in [-0.05, 0) is 28.7 Å². The molecule has 0 aliphatic heterocycles. The van der Waals surface area contributed by atoms with E-state index in [1.807, 2.05) is 24.3 Å². The smallest absolute Gasteiger partial charge is 0.342 e. The van der Waals surface area contributed by atoms with Crippen LogP contribution in [0.3, 0.4) is 0 Å². The molecule has 1 amide bonds. The van der Waals surface area contributed by atoms with Crippen molar-refractivity contribution in [2.45, 2.75) is 32.8 Å². The second-order valence-corrected chi connectivity index (χ2v) is 7.60. The average Bonchev–Trinajstić information content (AvgIpc) is 2.63. The van der Waals surface area contributed by atoms with Gasteiger partial charge in [-0.2, -0.15) is 0 Å². The third-order valence-electron chi connectivity index (χ3n) is 4.15. The van der Waals surface area contributed by atoms with E-state index in [2.05, 4.69) is 20.8 Å². The highest BCUT2D eigenvalue weighted by molar-refractivity contribution is 5.92. The molecule has 0 fully saturated rings. The summed E-state index contributed by atoms with van der Waals surface area (Å²) in [4.78, 5) is 25.6. The Labute approximate surface area is 160 Å². The first-order chi connectivity index (χ1) is 12.7. The van der Waals surface area contributed by atoms with Crippen LogP contribution in [-0.2, 0) is 21.6 Å². The Bertz CT molecular complexity index is 789. The fraction of sp³-hybridized carbons (Fsp3) is 0.364. The zero-order valence-electron chi connectivity index (χ0n) is 16.6. The van der Waals surface area contributed by atoms with Crippen molar-refractivity contribution in [3.63, 3.8) is 0 Å². The van der Waals surface area contributed by atoms with E-state index in [4.69, 9.17) is 9.47 Å². The molecule has 5 heteroatoms. The van der Waals surface area contributed by atoms with Crippen molar-refractivity contribution in [1.29, 1.82) is 0 Å². The normalized spacial score (nSPS) is 11.0. The van der Waals surface area contributed by atoms with Gasteiger partial charge < -0.3 is 14.4 Å². The van der Waals surface area contributed by atoms with Crippen molar-refractivity contribution in [2.75, 3.05) is 20.7 Å². The number of ether oxygens (including phenoxy) is 2. The van der Waals surface area contributed by atoms with Crippen LogP contribution in [-0.4, -0.2) is 37.5 Å². The first-order valence-corrected chi connectivity index (χ1v) is 8.87. The molecule has 0 atom stereocenters. The molecule has 27 heavy (non-hydrogen) atoms. The van der Waals surface area contributed by atoms with Crippen LogP contribution in [0.5, 0.6) is 5.75 Å². The molecule has 0 aliphatic rings. The number of hydrogen-bond donors (Lipinski definition) is 0. The first kappa shape index (κ1) is 20.5. The molecule has 2 aromatic carbocycles. The van der Waals surface area contributed by atoms with E-state index in [9.17, 15) is 9.59 Å². The fourth-order valence-electron chi connectivity index (χ4n) is 2.36. The van der Waals surface area contributed by atoms with Crippen LogP contribution in [0.15, 0.2) is 48.5 Å². The van der Waals surface area contributed by atoms with Crippen LogP contribution in [0, 0.1) is 0 Å². The van der Waals surface area contributed by atoms with Crippen molar-refractivity contribution < 1.29 is 19.1 Å². The molecule has 5 nitrogen and oxygen atoms in total. The van der Waals surface area contributed by atoms with Crippen molar-refractivity contribution in [3.05, 3.63) is 65.2 Å². The highest BCUT2D eigenvalue weighted by atomic mass is 16.5. The fourth-order valence-corrected chi connectivity index (χ4v) is 2.36. The summed E-state index contributed by atoms with van der Waals surface area (Å²) in [6.45, 7) is 6.50. The lowest BCUT2D eigenvalue weighted by Crippen LogP contribution is -2.27. The van der Waals surface area contributed by atoms with Gasteiger partial charge in [-0.15, -0.1) is 0 Å². The molecule has 0 heterocycles. The van der Waals surface area contributed by atoms with Gasteiger partial charge in [0.2, 0.25) is 0 Å². The third kappa shape index (κ3) is 5.84. The molecular formula is C22H27NO4. The Morgan fingerprint density at radius 2 is 1.59 bits per heavy atom. The van der Waals surface area contributed by atoms with Crippen LogP contribution >= 0.6 is 0 Å². The summed E-state index contributed by atoms with van der Waals surface area (Å²) in [6, 6.07) is 14.8. The minimum absolute atomic E-state index is 0.0788. The van der Waals surface area contributed by atoms with Crippen molar-refractivity contribution in [3.8, 4) is 5.75 Å². The summed E-state index contributed by atoms with van der Waals surface area (Å²) in [7, 11) is 3.30. The highest BCUT2D eigenvalue weighted by Gasteiger charge is 2.16. The van der Waals surface area contributed by atoms with Crippen LogP contribution < -0.4 is 4.74 Å². The molecule has 0 N–H and O–H groups in total. The van der Waals surface area contributed by atoms with Crippen LogP contribution in [0.1, 0.15) is 42.3 Å². The molecule has 0 aliphatic carbocycles. The lowest BCUT2D eigenvalue weighted by atomic mass is 9.87. The van der Waals surface area contributed by atoms with Crippen molar-refractivity contribution >= 4 is 11.9 Å². The van der Waals surface area contributed by atoms with Gasteiger partial charge in [-0.3, -0.25) is 4.79 Å². The molecule has 2 rings (SSSR count). The Hall–Kier alpha value is -2.82. The van der Waals surface area contributed by atoms with Gasteiger partial charge in [0.15, 0.2) is 6.61 Å². The zero-order chi connectivity index (χ0) is 20.0. The van der Waals surface area contributed by atoms with Gasteiger partial charge in [-0.1, -0.05) is 57.2 Å². The number of nitrogens with zero attached hydrogens (tertiary/aromatic N) is 1. The maximum Gasteiger partial charge on any atom is 0.342 e. The maximum atomic E-state index is 12.4. The van der Waals surface area contributed by atoms with Gasteiger partial charge in [0.05, 0.1) is 0 Å². The van der Waals surface area contributed by atoms with E-state index in [0.29, 0.717) is 11.3 Å². The van der Waals surface area contributed by atoms with Crippen LogP contribution in [0.2, 0.25) is 0 Å². The number of carbonyl (C=O) groups is 2. The largest absolute Gasteiger partial charge is 0.483 e. The predicted octanol–water partition coefficient (Wildman–Crippen LogP) is 3.81. The van der Waals surface area contributed by atoms with E-state index in [-0.39, 0.29) is 24.5 Å². The van der Waals surface area contributed by atoms with E-state index in [1.165, 1.54) is 10.5 Å². The standard InChI is InChI=1S/C22H27NO4/c1-22(2,3)17-12-10-16(11-13-17)14-27-21(25)18-8-6-7-9-19(18)26-15-20(24)23(4)5/h6-13H,14-15H2,1-5H3. The lowest BCUT2D eigenvalue weighted by Gasteiger charge is -2.19. The summed E-state index contributed by atoms with van der Waals surface area (Å²) < 4.78 is 10.9. The summed E-state index contributed by atoms with van der Waals surface area (Å²) in [5.41, 5.74) is 2.52. The second-order valence-electron chi connectivity index (χ2n) is 7.60. The molecular weight excluding hydrogens is 342 g/mol. The Morgan fingerprint density at radius 3 is 2.19 bits per heavy atom. The summed E-state index contributed by atoms with van der Waals surface area (Å²) >= 11 is 0. The number of rotatable bonds is 6. The molecule has 2 aromatic rings. The molecule has 0 unspecified atom stereocenters. The van der Waals surface area contributed by atoms with Gasteiger partial charge in [-0.25, -0.2) is 4.79 Å². The quantitative estimate of drug-likeness (QED) is 0.727. The Balaban J connectivity index is 2.01. The molecule has 0 saturated carbocycles. The monoisotopic (exact) mass is 369 g/mol. The van der Waals surface area contributed by atoms with Crippen molar-refractivity contribution in [2.24, 2.45) is 0 Å². The molecule has 144 valence electrons. The van der Waals surface area contributed by atoms with Gasteiger partial charge in [0, 0.05) is 14.1 Å². The molecule has 0 bridgehead atoms. The summed E-state index contributed by atoms with van der Waals surface area (Å²) in [5, 5.41) is 0. The number of amides is 1. The summed E-state index contributed by atoms with van der Waals surface area (Å²) in [6.07, 6.45) is 0. The van der Waals surface area contributed by atoms with E-state index < -0.39 is 5.97 Å². The third-order valence-corrected chi connectivity index (χ3v) is 4.15. The van der Waals surface area contributed by atoms with E-state index >= 15 is 0 Å². The predicted molar refractivity (Wildman–Crippen MR) is 105 cm³/mol. The molecule has 0 spiro atoms. The minimum Gasteiger partial charge on any atom is -0.483 e. The number of hydrogen-bond acceptors (Lipinski definition) is 4. The number of likely N-dealkylation sites (N-methyl/N-ethyl adjacent to an activating group) is 1. The zero-order valence-corrected chi connectivity index (χ0v) is 16.6. The second kappa shape index (κ2) is 8.71.